The lowest BCUT2D eigenvalue weighted by Crippen LogP contribution is -2.39. The number of ketones is 1. The lowest BCUT2D eigenvalue weighted by molar-refractivity contribution is 0.0837. The van der Waals surface area contributed by atoms with Gasteiger partial charge in [-0.05, 0) is 25.3 Å². The van der Waals surface area contributed by atoms with E-state index in [1.807, 2.05) is 49.4 Å². The summed E-state index contributed by atoms with van der Waals surface area (Å²) in [4.78, 5) is 12.4. The normalized spacial score (nSPS) is 12.9. The summed E-state index contributed by atoms with van der Waals surface area (Å²) >= 11 is 12.3. The highest BCUT2D eigenvalue weighted by Gasteiger charge is 2.41. The predicted octanol–water partition coefficient (Wildman–Crippen LogP) is 4.35. The number of alkyl halides is 2. The molecule has 1 N–H and O–H groups in total. The average molecular weight is 337 g/mol. The van der Waals surface area contributed by atoms with Crippen LogP contribution < -0.4 is 0 Å². The molecule has 0 saturated heterocycles. The van der Waals surface area contributed by atoms with Crippen molar-refractivity contribution in [2.45, 2.75) is 30.2 Å². The first-order valence-corrected chi connectivity index (χ1v) is 7.88. The quantitative estimate of drug-likeness (QED) is 0.629. The topological polar surface area (TPSA) is 37.3 Å². The first-order valence-electron chi connectivity index (χ1n) is 7.12. The fraction of sp³-hybridized carbons (Fsp3) is 0.278. The van der Waals surface area contributed by atoms with Gasteiger partial charge in [0.05, 0.1) is 6.10 Å². The van der Waals surface area contributed by atoms with Crippen LogP contribution in [0.25, 0.3) is 0 Å². The van der Waals surface area contributed by atoms with Crippen LogP contribution in [0.5, 0.6) is 0 Å². The number of halogens is 2. The molecular weight excluding hydrogens is 319 g/mol. The number of benzene rings is 2. The molecule has 0 bridgehead atoms. The molecule has 2 aromatic rings. The van der Waals surface area contributed by atoms with Crippen molar-refractivity contribution in [3.8, 4) is 0 Å². The summed E-state index contributed by atoms with van der Waals surface area (Å²) < 4.78 is -1.84. The number of Topliss-reactive ketones (excluding diaryl/α,β-unsaturated/α-hetero) is 1. The van der Waals surface area contributed by atoms with E-state index < -0.39 is 16.2 Å². The average Bonchev–Trinajstić information content (AvgIpc) is 2.53. The third-order valence-corrected chi connectivity index (χ3v) is 4.43. The standard InChI is InChI=1S/C18H18Cl2O2/c1-13-7-10-15(11-8-13)17(22)18(19,20)16(21)12-9-14-5-3-2-4-6-14/h2-8,10-11,16,21H,9,12H2,1H3. The minimum absolute atomic E-state index is 0.314. The van der Waals surface area contributed by atoms with Crippen LogP contribution in [0.2, 0.25) is 0 Å². The minimum Gasteiger partial charge on any atom is -0.389 e. The van der Waals surface area contributed by atoms with Gasteiger partial charge in [-0.2, -0.15) is 0 Å². The summed E-state index contributed by atoms with van der Waals surface area (Å²) in [5.74, 6) is -0.476. The summed E-state index contributed by atoms with van der Waals surface area (Å²) in [6.07, 6.45) is -0.219. The first kappa shape index (κ1) is 17.0. The fourth-order valence-electron chi connectivity index (χ4n) is 2.18. The van der Waals surface area contributed by atoms with Gasteiger partial charge in [0, 0.05) is 5.56 Å². The molecule has 0 aliphatic heterocycles. The summed E-state index contributed by atoms with van der Waals surface area (Å²) in [6.45, 7) is 1.93. The molecule has 0 amide bonds. The SMILES string of the molecule is Cc1ccc(C(=O)C(Cl)(Cl)C(O)CCc2ccccc2)cc1. The van der Waals surface area contributed by atoms with E-state index in [9.17, 15) is 9.90 Å². The molecule has 0 aliphatic carbocycles. The second-order valence-electron chi connectivity index (χ2n) is 5.36. The molecule has 116 valence electrons. The third-order valence-electron chi connectivity index (χ3n) is 3.58. The minimum atomic E-state index is -1.84. The molecule has 4 heteroatoms. The maximum Gasteiger partial charge on any atom is 0.205 e. The molecule has 0 aromatic heterocycles. The van der Waals surface area contributed by atoms with Crippen LogP contribution in [-0.4, -0.2) is 21.3 Å². The van der Waals surface area contributed by atoms with Crippen LogP contribution in [-0.2, 0) is 6.42 Å². The smallest absolute Gasteiger partial charge is 0.205 e. The first-order chi connectivity index (χ1) is 10.4. The Morgan fingerprint density at radius 2 is 1.68 bits per heavy atom. The Morgan fingerprint density at radius 1 is 1.09 bits per heavy atom. The second-order valence-corrected chi connectivity index (χ2v) is 6.74. The van der Waals surface area contributed by atoms with Crippen LogP contribution >= 0.6 is 23.2 Å². The van der Waals surface area contributed by atoms with Gasteiger partial charge in [0.1, 0.15) is 0 Å². The van der Waals surface area contributed by atoms with Gasteiger partial charge in [0.2, 0.25) is 10.1 Å². The van der Waals surface area contributed by atoms with Crippen molar-refractivity contribution in [2.24, 2.45) is 0 Å². The number of rotatable bonds is 6. The van der Waals surface area contributed by atoms with Crippen molar-refractivity contribution in [2.75, 3.05) is 0 Å². The highest BCUT2D eigenvalue weighted by Crippen LogP contribution is 2.32. The number of carbonyl (C=O) groups excluding carboxylic acids is 1. The van der Waals surface area contributed by atoms with E-state index in [2.05, 4.69) is 0 Å². The molecule has 0 saturated carbocycles. The van der Waals surface area contributed by atoms with E-state index >= 15 is 0 Å². The van der Waals surface area contributed by atoms with Gasteiger partial charge in [0.15, 0.2) is 0 Å². The van der Waals surface area contributed by atoms with Crippen molar-refractivity contribution in [3.05, 3.63) is 71.3 Å². The highest BCUT2D eigenvalue weighted by atomic mass is 35.5. The Hall–Kier alpha value is -1.35. The van der Waals surface area contributed by atoms with Gasteiger partial charge in [-0.1, -0.05) is 83.4 Å². The van der Waals surface area contributed by atoms with Gasteiger partial charge >= 0.3 is 0 Å². The third kappa shape index (κ3) is 4.10. The van der Waals surface area contributed by atoms with E-state index in [-0.39, 0.29) is 0 Å². The number of hydrogen-bond donors (Lipinski definition) is 1. The van der Waals surface area contributed by atoms with Gasteiger partial charge in [0.25, 0.3) is 0 Å². The molecule has 2 nitrogen and oxygen atoms in total. The second kappa shape index (κ2) is 7.28. The Bertz CT molecular complexity index is 621. The largest absolute Gasteiger partial charge is 0.389 e. The van der Waals surface area contributed by atoms with Gasteiger partial charge in [-0.25, -0.2) is 0 Å². The number of carbonyl (C=O) groups is 1. The highest BCUT2D eigenvalue weighted by molar-refractivity contribution is 6.60. The van der Waals surface area contributed by atoms with Gasteiger partial charge in [-0.3, -0.25) is 4.79 Å². The fourth-order valence-corrected chi connectivity index (χ4v) is 2.61. The van der Waals surface area contributed by atoms with E-state index in [0.29, 0.717) is 18.4 Å². The maximum absolute atomic E-state index is 12.4. The molecule has 2 rings (SSSR count). The summed E-state index contributed by atoms with van der Waals surface area (Å²) in [5.41, 5.74) is 2.50. The molecule has 0 radical (unpaired) electrons. The molecule has 0 heterocycles. The molecule has 0 aliphatic rings. The summed E-state index contributed by atoms with van der Waals surface area (Å²) in [5, 5.41) is 10.2. The Labute approximate surface area is 140 Å². The monoisotopic (exact) mass is 336 g/mol. The zero-order chi connectivity index (χ0) is 16.2. The van der Waals surface area contributed by atoms with E-state index in [1.54, 1.807) is 12.1 Å². The van der Waals surface area contributed by atoms with Gasteiger partial charge in [-0.15, -0.1) is 0 Å². The lowest BCUT2D eigenvalue weighted by Gasteiger charge is -2.24. The van der Waals surface area contributed by atoms with Crippen LogP contribution in [0.3, 0.4) is 0 Å². The maximum atomic E-state index is 12.4. The number of aliphatic hydroxyl groups excluding tert-OH is 1. The Morgan fingerprint density at radius 3 is 2.27 bits per heavy atom. The lowest BCUT2D eigenvalue weighted by atomic mass is 9.98. The van der Waals surface area contributed by atoms with E-state index in [4.69, 9.17) is 23.2 Å². The molecule has 0 spiro atoms. The zero-order valence-electron chi connectivity index (χ0n) is 12.3. The molecule has 0 fully saturated rings. The molecule has 2 aromatic carbocycles. The van der Waals surface area contributed by atoms with Crippen LogP contribution in [0.1, 0.15) is 27.9 Å². The van der Waals surface area contributed by atoms with Crippen LogP contribution in [0.4, 0.5) is 0 Å². The van der Waals surface area contributed by atoms with Crippen LogP contribution in [0, 0.1) is 6.92 Å². The van der Waals surface area contributed by atoms with Crippen molar-refractivity contribution in [1.82, 2.24) is 0 Å². The van der Waals surface area contributed by atoms with E-state index in [1.165, 1.54) is 0 Å². The Balaban J connectivity index is 2.04. The summed E-state index contributed by atoms with van der Waals surface area (Å²) in [6, 6.07) is 16.6. The number of hydrogen-bond acceptors (Lipinski definition) is 2. The molecular formula is C18H18Cl2O2. The molecule has 1 unspecified atom stereocenters. The van der Waals surface area contributed by atoms with Crippen LogP contribution in [0.15, 0.2) is 54.6 Å². The van der Waals surface area contributed by atoms with Crippen molar-refractivity contribution >= 4 is 29.0 Å². The van der Waals surface area contributed by atoms with Crippen molar-refractivity contribution in [1.29, 1.82) is 0 Å². The number of aryl methyl sites for hydroxylation is 2. The van der Waals surface area contributed by atoms with Gasteiger partial charge < -0.3 is 5.11 Å². The predicted molar refractivity (Wildman–Crippen MR) is 90.7 cm³/mol. The van der Waals surface area contributed by atoms with E-state index in [0.717, 1.165) is 11.1 Å². The van der Waals surface area contributed by atoms with Crippen molar-refractivity contribution < 1.29 is 9.90 Å². The molecule has 1 atom stereocenters. The number of aliphatic hydroxyl groups is 1. The molecule has 22 heavy (non-hydrogen) atoms. The van der Waals surface area contributed by atoms with Crippen molar-refractivity contribution in [3.63, 3.8) is 0 Å². The summed E-state index contributed by atoms with van der Waals surface area (Å²) in [7, 11) is 0. The zero-order valence-corrected chi connectivity index (χ0v) is 13.8. The Kier molecular flexibility index (Phi) is 5.63.